The molecule has 0 aliphatic carbocycles. The molecule has 1 aromatic heterocycles. The fourth-order valence-electron chi connectivity index (χ4n) is 7.13. The van der Waals surface area contributed by atoms with Crippen molar-refractivity contribution in [2.24, 2.45) is 0 Å². The average Bonchev–Trinajstić information content (AvgIpc) is 3.51. The third-order valence-corrected chi connectivity index (χ3v) is 9.36. The van der Waals surface area contributed by atoms with Crippen LogP contribution in [0.25, 0.3) is 88.0 Å². The summed E-state index contributed by atoms with van der Waals surface area (Å²) in [6.45, 7) is 0. The third kappa shape index (κ3) is 4.24. The first-order valence-electron chi connectivity index (χ1n) is 15.5. The highest BCUT2D eigenvalue weighted by molar-refractivity contribution is 6.32. The molecule has 0 radical (unpaired) electrons. The molecule has 0 amide bonds. The largest absolute Gasteiger partial charge is 0.455 e. The summed E-state index contributed by atoms with van der Waals surface area (Å²) in [6, 6.07) is 57.9. The molecule has 0 N–H and O–H groups in total. The minimum Gasteiger partial charge on any atom is -0.455 e. The smallest absolute Gasteiger partial charge is 0.143 e. The maximum Gasteiger partial charge on any atom is 0.143 e. The second kappa shape index (κ2) is 10.8. The molecule has 0 spiro atoms. The van der Waals surface area contributed by atoms with Crippen LogP contribution in [0.2, 0.25) is 5.02 Å². The van der Waals surface area contributed by atoms with Crippen molar-refractivity contribution in [3.63, 3.8) is 0 Å². The second-order valence-electron chi connectivity index (χ2n) is 11.8. The van der Waals surface area contributed by atoms with E-state index in [2.05, 4.69) is 152 Å². The number of rotatable bonds is 4. The fraction of sp³-hybridized carbons (Fsp3) is 0. The predicted octanol–water partition coefficient (Wildman–Crippen LogP) is 13.2. The SMILES string of the molecule is Clc1ccc2c(-c3ccccc3)c3cc(-c4cccc5oc6c(-c7ccccc7)cccc6c45)ccc3c(-c3ccccc3)c2c1. The van der Waals surface area contributed by atoms with E-state index in [9.17, 15) is 0 Å². The summed E-state index contributed by atoms with van der Waals surface area (Å²) in [5.74, 6) is 0. The molecule has 1 heterocycles. The number of halogens is 1. The van der Waals surface area contributed by atoms with Crippen molar-refractivity contribution < 1.29 is 4.42 Å². The summed E-state index contributed by atoms with van der Waals surface area (Å²) in [6.07, 6.45) is 0. The molecule has 0 aliphatic heterocycles. The van der Waals surface area contributed by atoms with Crippen LogP contribution in [0.3, 0.4) is 0 Å². The van der Waals surface area contributed by atoms with E-state index < -0.39 is 0 Å². The van der Waals surface area contributed by atoms with Crippen LogP contribution in [-0.2, 0) is 0 Å². The van der Waals surface area contributed by atoms with Crippen molar-refractivity contribution in [1.29, 1.82) is 0 Å². The number of fused-ring (bicyclic) bond motifs is 5. The first-order chi connectivity index (χ1) is 22.7. The summed E-state index contributed by atoms with van der Waals surface area (Å²) >= 11 is 6.67. The highest BCUT2D eigenvalue weighted by Gasteiger charge is 2.20. The first-order valence-corrected chi connectivity index (χ1v) is 15.9. The molecule has 0 aliphatic rings. The lowest BCUT2D eigenvalue weighted by Gasteiger charge is -2.19. The van der Waals surface area contributed by atoms with Crippen molar-refractivity contribution in [3.05, 3.63) is 169 Å². The molecule has 9 aromatic rings. The Labute approximate surface area is 271 Å². The van der Waals surface area contributed by atoms with Crippen LogP contribution >= 0.6 is 11.6 Å². The molecule has 0 bridgehead atoms. The zero-order valence-electron chi connectivity index (χ0n) is 24.9. The number of para-hydroxylation sites is 1. The molecule has 9 rings (SSSR count). The molecule has 0 fully saturated rings. The van der Waals surface area contributed by atoms with E-state index in [1.54, 1.807) is 0 Å². The molecule has 0 atom stereocenters. The summed E-state index contributed by atoms with van der Waals surface area (Å²) in [5, 5.41) is 7.70. The molecule has 216 valence electrons. The van der Waals surface area contributed by atoms with Gasteiger partial charge in [0.1, 0.15) is 11.2 Å². The van der Waals surface area contributed by atoms with E-state index in [-0.39, 0.29) is 0 Å². The first kappa shape index (κ1) is 26.7. The van der Waals surface area contributed by atoms with Crippen molar-refractivity contribution in [3.8, 4) is 44.5 Å². The topological polar surface area (TPSA) is 13.1 Å². The van der Waals surface area contributed by atoms with Crippen LogP contribution in [-0.4, -0.2) is 0 Å². The number of hydrogen-bond acceptors (Lipinski definition) is 1. The molecule has 8 aromatic carbocycles. The van der Waals surface area contributed by atoms with Gasteiger partial charge in [-0.25, -0.2) is 0 Å². The minimum absolute atomic E-state index is 0.730. The Balaban J connectivity index is 1.38. The van der Waals surface area contributed by atoms with Crippen molar-refractivity contribution in [1.82, 2.24) is 0 Å². The van der Waals surface area contributed by atoms with Crippen LogP contribution in [0.1, 0.15) is 0 Å². The molecule has 46 heavy (non-hydrogen) atoms. The third-order valence-electron chi connectivity index (χ3n) is 9.12. The van der Waals surface area contributed by atoms with Gasteiger partial charge in [0, 0.05) is 21.4 Å². The Morgan fingerprint density at radius 2 is 0.935 bits per heavy atom. The van der Waals surface area contributed by atoms with E-state index in [0.29, 0.717) is 0 Å². The Kier molecular flexibility index (Phi) is 6.26. The van der Waals surface area contributed by atoms with Gasteiger partial charge in [-0.15, -0.1) is 0 Å². The van der Waals surface area contributed by atoms with Crippen LogP contribution < -0.4 is 0 Å². The molecular weight excluding hydrogens is 580 g/mol. The normalized spacial score (nSPS) is 11.6. The second-order valence-corrected chi connectivity index (χ2v) is 12.2. The summed E-state index contributed by atoms with van der Waals surface area (Å²) in [4.78, 5) is 0. The Hall–Kier alpha value is -5.63. The highest BCUT2D eigenvalue weighted by Crippen LogP contribution is 2.47. The minimum atomic E-state index is 0.730. The Morgan fingerprint density at radius 1 is 0.370 bits per heavy atom. The predicted molar refractivity (Wildman–Crippen MR) is 195 cm³/mol. The maximum absolute atomic E-state index is 6.67. The van der Waals surface area contributed by atoms with Gasteiger partial charge in [-0.1, -0.05) is 151 Å². The zero-order chi connectivity index (χ0) is 30.6. The monoisotopic (exact) mass is 606 g/mol. The quantitative estimate of drug-likeness (QED) is 0.182. The van der Waals surface area contributed by atoms with Gasteiger partial charge in [0.15, 0.2) is 0 Å². The van der Waals surface area contributed by atoms with Crippen molar-refractivity contribution >= 4 is 55.1 Å². The van der Waals surface area contributed by atoms with E-state index in [4.69, 9.17) is 16.0 Å². The van der Waals surface area contributed by atoms with Gasteiger partial charge in [0.25, 0.3) is 0 Å². The van der Waals surface area contributed by atoms with Gasteiger partial charge in [-0.2, -0.15) is 0 Å². The summed E-state index contributed by atoms with van der Waals surface area (Å²) in [5.41, 5.74) is 11.1. The lowest BCUT2D eigenvalue weighted by atomic mass is 9.84. The summed E-state index contributed by atoms with van der Waals surface area (Å²) < 4.78 is 6.61. The lowest BCUT2D eigenvalue weighted by Crippen LogP contribution is -1.92. The summed E-state index contributed by atoms with van der Waals surface area (Å²) in [7, 11) is 0. The molecular formula is C44H27ClO. The van der Waals surface area contributed by atoms with Gasteiger partial charge in [-0.05, 0) is 84.8 Å². The van der Waals surface area contributed by atoms with Crippen molar-refractivity contribution in [2.75, 3.05) is 0 Å². The molecule has 0 saturated heterocycles. The van der Waals surface area contributed by atoms with Gasteiger partial charge in [0.05, 0.1) is 0 Å². The average molecular weight is 607 g/mol. The van der Waals surface area contributed by atoms with E-state index >= 15 is 0 Å². The molecule has 0 saturated carbocycles. The standard InChI is InChI=1S/C44H27ClO/c45-32-23-25-36-39(27-32)42(30-16-8-3-9-17-30)35-24-22-31(26-38(35)41(36)29-14-6-2-7-15-29)33-18-11-21-40-43(33)37-20-10-19-34(44(37)46-40)28-12-4-1-5-13-28/h1-27H. The lowest BCUT2D eigenvalue weighted by molar-refractivity contribution is 0.670. The zero-order valence-corrected chi connectivity index (χ0v) is 25.6. The molecule has 0 unspecified atom stereocenters. The number of benzene rings is 8. The molecule has 2 heteroatoms. The Morgan fingerprint density at radius 3 is 1.61 bits per heavy atom. The van der Waals surface area contributed by atoms with Crippen molar-refractivity contribution in [2.45, 2.75) is 0 Å². The van der Waals surface area contributed by atoms with E-state index in [1.807, 2.05) is 12.1 Å². The maximum atomic E-state index is 6.67. The van der Waals surface area contributed by atoms with Gasteiger partial charge in [0.2, 0.25) is 0 Å². The highest BCUT2D eigenvalue weighted by atomic mass is 35.5. The number of furan rings is 1. The van der Waals surface area contributed by atoms with Crippen LogP contribution in [0.15, 0.2) is 168 Å². The number of hydrogen-bond donors (Lipinski definition) is 0. The van der Waals surface area contributed by atoms with Gasteiger partial charge in [-0.3, -0.25) is 0 Å². The van der Waals surface area contributed by atoms with Crippen LogP contribution in [0.4, 0.5) is 0 Å². The van der Waals surface area contributed by atoms with E-state index in [0.717, 1.165) is 54.6 Å². The van der Waals surface area contributed by atoms with Crippen LogP contribution in [0, 0.1) is 0 Å². The Bertz CT molecular complexity index is 2560. The molecule has 1 nitrogen and oxygen atoms in total. The fourth-order valence-corrected chi connectivity index (χ4v) is 7.31. The van der Waals surface area contributed by atoms with E-state index in [1.165, 1.54) is 38.4 Å². The van der Waals surface area contributed by atoms with Gasteiger partial charge < -0.3 is 4.42 Å². The van der Waals surface area contributed by atoms with Gasteiger partial charge >= 0.3 is 0 Å². The van der Waals surface area contributed by atoms with Crippen LogP contribution in [0.5, 0.6) is 0 Å².